The van der Waals surface area contributed by atoms with Gasteiger partial charge >= 0.3 is 17.4 Å². The molecule has 0 aromatic carbocycles. The van der Waals surface area contributed by atoms with Gasteiger partial charge in [0.15, 0.2) is 0 Å². The summed E-state index contributed by atoms with van der Waals surface area (Å²) in [5.74, 6) is 0. The van der Waals surface area contributed by atoms with Gasteiger partial charge in [-0.3, -0.25) is 9.05 Å². The van der Waals surface area contributed by atoms with Crippen molar-refractivity contribution >= 4 is 17.4 Å². The van der Waals surface area contributed by atoms with Gasteiger partial charge in [-0.05, 0) is 25.7 Å². The molecule has 0 aromatic heterocycles. The lowest BCUT2D eigenvalue weighted by molar-refractivity contribution is 0.0960. The van der Waals surface area contributed by atoms with Crippen molar-refractivity contribution in [3.8, 4) is 0 Å². The Morgan fingerprint density at radius 1 is 0.833 bits per heavy atom. The number of rotatable bonds is 4. The van der Waals surface area contributed by atoms with Gasteiger partial charge in [0.25, 0.3) is 0 Å². The van der Waals surface area contributed by atoms with E-state index in [9.17, 15) is 9.13 Å². The van der Waals surface area contributed by atoms with Crippen molar-refractivity contribution in [1.29, 1.82) is 0 Å². The Labute approximate surface area is 74.2 Å². The van der Waals surface area contributed by atoms with Gasteiger partial charge in [-0.15, -0.1) is 0 Å². The van der Waals surface area contributed by atoms with E-state index in [1.807, 2.05) is 0 Å². The summed E-state index contributed by atoms with van der Waals surface area (Å²) < 4.78 is 29.9. The molecule has 0 saturated heterocycles. The van der Waals surface area contributed by atoms with Crippen LogP contribution in [0.15, 0.2) is 0 Å². The standard InChI is InChI=1S/C6H10O4P2/c7-11-9-5-1-2-6(4-3-5)10-12-8/h5-6H,1-4H2. The summed E-state index contributed by atoms with van der Waals surface area (Å²) in [5, 5.41) is 0. The summed E-state index contributed by atoms with van der Waals surface area (Å²) in [6.45, 7) is 0. The molecular weight excluding hydrogens is 198 g/mol. The Morgan fingerprint density at radius 2 is 1.17 bits per heavy atom. The minimum absolute atomic E-state index is 0.0762. The Bertz CT molecular complexity index is 138. The van der Waals surface area contributed by atoms with Crippen molar-refractivity contribution in [2.75, 3.05) is 0 Å². The summed E-state index contributed by atoms with van der Waals surface area (Å²) in [7, 11) is -0.504. The van der Waals surface area contributed by atoms with Crippen LogP contribution in [0.3, 0.4) is 0 Å². The molecule has 0 heterocycles. The lowest BCUT2D eigenvalue weighted by Crippen LogP contribution is -2.22. The predicted molar refractivity (Wildman–Crippen MR) is 43.4 cm³/mol. The maximum absolute atomic E-state index is 10.1. The lowest BCUT2D eigenvalue weighted by Gasteiger charge is -2.24. The van der Waals surface area contributed by atoms with Gasteiger partial charge < -0.3 is 0 Å². The quantitative estimate of drug-likeness (QED) is 0.666. The monoisotopic (exact) mass is 208 g/mol. The van der Waals surface area contributed by atoms with Crippen molar-refractivity contribution in [2.45, 2.75) is 37.9 Å². The van der Waals surface area contributed by atoms with Crippen molar-refractivity contribution < 1.29 is 18.2 Å². The average Bonchev–Trinajstić information content (AvgIpc) is 2.09. The molecule has 12 heavy (non-hydrogen) atoms. The Morgan fingerprint density at radius 3 is 1.42 bits per heavy atom. The first-order valence-electron chi connectivity index (χ1n) is 3.83. The van der Waals surface area contributed by atoms with E-state index in [-0.39, 0.29) is 29.6 Å². The molecule has 1 aliphatic rings. The lowest BCUT2D eigenvalue weighted by atomic mass is 9.95. The highest BCUT2D eigenvalue weighted by Gasteiger charge is 2.22. The third kappa shape index (κ3) is 3.24. The number of hydrogen-bond donors (Lipinski definition) is 0. The van der Waals surface area contributed by atoms with Crippen LogP contribution in [0.1, 0.15) is 25.7 Å². The average molecular weight is 208 g/mol. The number of hydrogen-bond acceptors (Lipinski definition) is 4. The van der Waals surface area contributed by atoms with E-state index in [2.05, 4.69) is 0 Å². The molecule has 68 valence electrons. The SMILES string of the molecule is O=POC1CCC(OP=O)CC1. The maximum Gasteiger partial charge on any atom is 0.327 e. The van der Waals surface area contributed by atoms with Gasteiger partial charge in [-0.25, -0.2) is 9.13 Å². The highest BCUT2D eigenvalue weighted by molar-refractivity contribution is 7.17. The summed E-state index contributed by atoms with van der Waals surface area (Å²) in [5.41, 5.74) is 0. The first-order chi connectivity index (χ1) is 5.86. The van der Waals surface area contributed by atoms with Crippen LogP contribution in [0, 0.1) is 0 Å². The fourth-order valence-electron chi connectivity index (χ4n) is 1.36. The van der Waals surface area contributed by atoms with Crippen LogP contribution in [0.4, 0.5) is 0 Å². The van der Waals surface area contributed by atoms with Gasteiger partial charge in [-0.2, -0.15) is 0 Å². The zero-order valence-corrected chi connectivity index (χ0v) is 8.30. The Balaban J connectivity index is 2.19. The van der Waals surface area contributed by atoms with Crippen molar-refractivity contribution in [1.82, 2.24) is 0 Å². The van der Waals surface area contributed by atoms with Crippen molar-refractivity contribution in [3.05, 3.63) is 0 Å². The van der Waals surface area contributed by atoms with E-state index < -0.39 is 0 Å². The topological polar surface area (TPSA) is 52.6 Å². The van der Waals surface area contributed by atoms with E-state index in [0.29, 0.717) is 0 Å². The third-order valence-corrected chi connectivity index (χ3v) is 2.77. The zero-order chi connectivity index (χ0) is 8.81. The summed E-state index contributed by atoms with van der Waals surface area (Å²) in [6, 6.07) is 0. The maximum atomic E-state index is 10.1. The van der Waals surface area contributed by atoms with Crippen LogP contribution < -0.4 is 0 Å². The zero-order valence-electron chi connectivity index (χ0n) is 6.51. The minimum Gasteiger partial charge on any atom is -0.291 e. The second-order valence-electron chi connectivity index (χ2n) is 2.76. The molecule has 0 atom stereocenters. The van der Waals surface area contributed by atoms with Crippen molar-refractivity contribution in [2.24, 2.45) is 0 Å². The fraction of sp³-hybridized carbons (Fsp3) is 1.00. The van der Waals surface area contributed by atoms with Crippen LogP contribution in [0.5, 0.6) is 0 Å². The van der Waals surface area contributed by atoms with Crippen LogP contribution in [0.25, 0.3) is 0 Å². The molecule has 1 fully saturated rings. The van der Waals surface area contributed by atoms with Crippen molar-refractivity contribution in [3.63, 3.8) is 0 Å². The third-order valence-electron chi connectivity index (χ3n) is 2.01. The van der Waals surface area contributed by atoms with E-state index in [4.69, 9.17) is 9.05 Å². The van der Waals surface area contributed by atoms with Gasteiger partial charge in [0.1, 0.15) is 0 Å². The predicted octanol–water partition coefficient (Wildman–Crippen LogP) is 2.74. The van der Waals surface area contributed by atoms with Gasteiger partial charge in [0.05, 0.1) is 12.2 Å². The first-order valence-corrected chi connectivity index (χ1v) is 5.30. The molecule has 4 nitrogen and oxygen atoms in total. The van der Waals surface area contributed by atoms with E-state index in [1.54, 1.807) is 0 Å². The second-order valence-corrected chi connectivity index (χ2v) is 3.48. The molecule has 0 bridgehead atoms. The summed E-state index contributed by atoms with van der Waals surface area (Å²) >= 11 is 0. The smallest absolute Gasteiger partial charge is 0.291 e. The molecule has 1 saturated carbocycles. The van der Waals surface area contributed by atoms with Crippen LogP contribution in [-0.4, -0.2) is 12.2 Å². The largest absolute Gasteiger partial charge is 0.327 e. The normalized spacial score (nSPS) is 31.0. The molecule has 0 aromatic rings. The molecule has 0 radical (unpaired) electrons. The fourth-order valence-corrected chi connectivity index (χ4v) is 2.03. The molecule has 6 heteroatoms. The highest BCUT2D eigenvalue weighted by Crippen LogP contribution is 2.27. The molecule has 0 aliphatic heterocycles. The van der Waals surface area contributed by atoms with Gasteiger partial charge in [-0.1, -0.05) is 0 Å². The van der Waals surface area contributed by atoms with Gasteiger partial charge in [0.2, 0.25) is 0 Å². The van der Waals surface area contributed by atoms with Crippen LogP contribution in [-0.2, 0) is 18.2 Å². The molecule has 1 aliphatic carbocycles. The van der Waals surface area contributed by atoms with E-state index in [0.717, 1.165) is 25.7 Å². The molecule has 0 unspecified atom stereocenters. The minimum atomic E-state index is -0.252. The van der Waals surface area contributed by atoms with Crippen LogP contribution in [0.2, 0.25) is 0 Å². The first kappa shape index (κ1) is 10.2. The summed E-state index contributed by atoms with van der Waals surface area (Å²) in [4.78, 5) is 0. The Hall–Kier alpha value is 0.120. The van der Waals surface area contributed by atoms with Crippen LogP contribution >= 0.6 is 17.4 Å². The molecule has 1 rings (SSSR count). The highest BCUT2D eigenvalue weighted by atomic mass is 31.1. The Kier molecular flexibility index (Phi) is 4.86. The molecule has 0 spiro atoms. The molecule has 0 amide bonds. The van der Waals surface area contributed by atoms with Gasteiger partial charge in [0, 0.05) is 0 Å². The molecule has 0 N–H and O–H groups in total. The van der Waals surface area contributed by atoms with E-state index in [1.165, 1.54) is 0 Å². The molecular formula is C6H10O4P2. The second kappa shape index (κ2) is 5.71. The summed E-state index contributed by atoms with van der Waals surface area (Å²) in [6.07, 6.45) is 3.47. The van der Waals surface area contributed by atoms with E-state index >= 15 is 0 Å².